The Bertz CT molecular complexity index is 168. The molecule has 0 aromatic carbocycles. The van der Waals surface area contributed by atoms with E-state index < -0.39 is 5.97 Å². The van der Waals surface area contributed by atoms with E-state index in [1.807, 2.05) is 0 Å². The molecule has 0 saturated heterocycles. The molecule has 76 valence electrons. The highest BCUT2D eigenvalue weighted by molar-refractivity contribution is 5.70. The summed E-state index contributed by atoms with van der Waals surface area (Å²) in [6, 6.07) is 0.574. The fraction of sp³-hybridized carbons (Fsp3) is 0.889. The van der Waals surface area contributed by atoms with Gasteiger partial charge >= 0.3 is 5.97 Å². The molecular formula is C9H17NO3. The second-order valence-corrected chi connectivity index (χ2v) is 3.50. The van der Waals surface area contributed by atoms with Crippen LogP contribution < -0.4 is 5.32 Å². The average Bonchev–Trinajstić information content (AvgIpc) is 2.87. The second-order valence-electron chi connectivity index (χ2n) is 3.50. The second kappa shape index (κ2) is 5.19. The Morgan fingerprint density at radius 2 is 2.38 bits per heavy atom. The predicted octanol–water partition coefficient (Wildman–Crippen LogP) is 0.476. The minimum atomic E-state index is -0.731. The summed E-state index contributed by atoms with van der Waals surface area (Å²) in [6.07, 6.45) is 2.97. The van der Waals surface area contributed by atoms with E-state index in [9.17, 15) is 4.79 Å². The van der Waals surface area contributed by atoms with Crippen LogP contribution in [0.15, 0.2) is 0 Å². The van der Waals surface area contributed by atoms with E-state index in [-0.39, 0.29) is 5.92 Å². The van der Waals surface area contributed by atoms with Gasteiger partial charge in [-0.05, 0) is 19.3 Å². The summed E-state index contributed by atoms with van der Waals surface area (Å²) in [6.45, 7) is 1.09. The zero-order valence-electron chi connectivity index (χ0n) is 7.95. The normalized spacial score (nSPS) is 18.5. The molecule has 0 heterocycles. The highest BCUT2D eigenvalue weighted by Crippen LogP contribution is 2.19. The molecule has 1 atom stereocenters. The number of carboxylic acid groups (broad SMARTS) is 1. The van der Waals surface area contributed by atoms with Gasteiger partial charge in [0, 0.05) is 26.3 Å². The van der Waals surface area contributed by atoms with Gasteiger partial charge in [0.05, 0.1) is 5.92 Å². The van der Waals surface area contributed by atoms with E-state index in [1.165, 1.54) is 12.8 Å². The van der Waals surface area contributed by atoms with Crippen LogP contribution in [0.25, 0.3) is 0 Å². The van der Waals surface area contributed by atoms with Crippen molar-refractivity contribution in [2.45, 2.75) is 25.3 Å². The fourth-order valence-electron chi connectivity index (χ4n) is 1.17. The Kier molecular flexibility index (Phi) is 4.18. The summed E-state index contributed by atoms with van der Waals surface area (Å²) in [5.74, 6) is -1.04. The number of carbonyl (C=O) groups is 1. The molecule has 4 nitrogen and oxygen atoms in total. The van der Waals surface area contributed by atoms with Crippen molar-refractivity contribution in [2.24, 2.45) is 5.92 Å². The molecule has 0 radical (unpaired) electrons. The van der Waals surface area contributed by atoms with Gasteiger partial charge < -0.3 is 15.2 Å². The van der Waals surface area contributed by atoms with Crippen molar-refractivity contribution in [3.8, 4) is 0 Å². The number of ether oxygens (including phenoxy) is 1. The van der Waals surface area contributed by atoms with Crippen molar-refractivity contribution in [3.05, 3.63) is 0 Å². The Morgan fingerprint density at radius 3 is 2.85 bits per heavy atom. The van der Waals surface area contributed by atoms with E-state index >= 15 is 0 Å². The van der Waals surface area contributed by atoms with Crippen LogP contribution in [0.3, 0.4) is 0 Å². The first-order valence-electron chi connectivity index (χ1n) is 4.69. The van der Waals surface area contributed by atoms with E-state index in [2.05, 4.69) is 5.32 Å². The quantitative estimate of drug-likeness (QED) is 0.608. The van der Waals surface area contributed by atoms with E-state index in [4.69, 9.17) is 9.84 Å². The number of nitrogens with one attached hydrogen (secondary N) is 1. The first kappa shape index (κ1) is 10.5. The minimum Gasteiger partial charge on any atom is -0.481 e. The molecule has 1 fully saturated rings. The third-order valence-electron chi connectivity index (χ3n) is 2.25. The Balaban J connectivity index is 2.15. The van der Waals surface area contributed by atoms with Crippen LogP contribution in [-0.2, 0) is 9.53 Å². The van der Waals surface area contributed by atoms with Crippen LogP contribution in [0.5, 0.6) is 0 Å². The smallest absolute Gasteiger partial charge is 0.307 e. The molecule has 0 aromatic rings. The average molecular weight is 187 g/mol. The lowest BCUT2D eigenvalue weighted by molar-refractivity contribution is -0.142. The number of rotatable bonds is 7. The van der Waals surface area contributed by atoms with Gasteiger partial charge in [0.25, 0.3) is 0 Å². The van der Waals surface area contributed by atoms with E-state index in [0.29, 0.717) is 25.6 Å². The number of methoxy groups -OCH3 is 1. The molecule has 1 rings (SSSR count). The molecule has 0 spiro atoms. The van der Waals surface area contributed by atoms with Gasteiger partial charge in [-0.15, -0.1) is 0 Å². The maximum atomic E-state index is 10.7. The highest BCUT2D eigenvalue weighted by Gasteiger charge is 2.24. The van der Waals surface area contributed by atoms with Crippen LogP contribution in [-0.4, -0.2) is 37.4 Å². The van der Waals surface area contributed by atoms with Crippen LogP contribution in [0.2, 0.25) is 0 Å². The van der Waals surface area contributed by atoms with Gasteiger partial charge in [0.2, 0.25) is 0 Å². The molecule has 0 aromatic heterocycles. The molecule has 2 N–H and O–H groups in total. The Hall–Kier alpha value is -0.610. The molecule has 4 heteroatoms. The van der Waals surface area contributed by atoms with Gasteiger partial charge in [-0.3, -0.25) is 4.79 Å². The van der Waals surface area contributed by atoms with Gasteiger partial charge in [-0.2, -0.15) is 0 Å². The van der Waals surface area contributed by atoms with Crippen LogP contribution in [0, 0.1) is 5.92 Å². The van der Waals surface area contributed by atoms with E-state index in [1.54, 1.807) is 7.11 Å². The molecule has 1 aliphatic rings. The lowest BCUT2D eigenvalue weighted by atomic mass is 10.1. The molecule has 0 amide bonds. The molecule has 0 bridgehead atoms. The van der Waals surface area contributed by atoms with Crippen molar-refractivity contribution >= 4 is 5.97 Å². The zero-order chi connectivity index (χ0) is 9.68. The summed E-state index contributed by atoms with van der Waals surface area (Å²) in [4.78, 5) is 10.7. The van der Waals surface area contributed by atoms with Crippen molar-refractivity contribution in [1.29, 1.82) is 0 Å². The van der Waals surface area contributed by atoms with Crippen molar-refractivity contribution < 1.29 is 14.6 Å². The van der Waals surface area contributed by atoms with Crippen LogP contribution in [0.4, 0.5) is 0 Å². The summed E-state index contributed by atoms with van der Waals surface area (Å²) in [7, 11) is 1.59. The number of hydrogen-bond donors (Lipinski definition) is 2. The van der Waals surface area contributed by atoms with Crippen LogP contribution in [0.1, 0.15) is 19.3 Å². The Morgan fingerprint density at radius 1 is 1.69 bits per heavy atom. The van der Waals surface area contributed by atoms with Crippen LogP contribution >= 0.6 is 0 Å². The lowest BCUT2D eigenvalue weighted by Gasteiger charge is -2.11. The minimum absolute atomic E-state index is 0.305. The third-order valence-corrected chi connectivity index (χ3v) is 2.25. The van der Waals surface area contributed by atoms with Gasteiger partial charge in [0.1, 0.15) is 0 Å². The first-order valence-corrected chi connectivity index (χ1v) is 4.69. The fourth-order valence-corrected chi connectivity index (χ4v) is 1.17. The SMILES string of the molecule is COCCC(CNC1CC1)C(=O)O. The first-order chi connectivity index (χ1) is 6.24. The summed E-state index contributed by atoms with van der Waals surface area (Å²) < 4.78 is 4.85. The van der Waals surface area contributed by atoms with Crippen molar-refractivity contribution in [2.75, 3.05) is 20.3 Å². The molecule has 1 unspecified atom stereocenters. The molecule has 1 aliphatic carbocycles. The number of hydrogen-bond acceptors (Lipinski definition) is 3. The molecule has 1 saturated carbocycles. The largest absolute Gasteiger partial charge is 0.481 e. The topological polar surface area (TPSA) is 58.6 Å². The van der Waals surface area contributed by atoms with Gasteiger partial charge in [-0.1, -0.05) is 0 Å². The lowest BCUT2D eigenvalue weighted by Crippen LogP contribution is -2.30. The van der Waals surface area contributed by atoms with E-state index in [0.717, 1.165) is 0 Å². The monoisotopic (exact) mass is 187 g/mol. The Labute approximate surface area is 78.3 Å². The summed E-state index contributed by atoms with van der Waals surface area (Å²) >= 11 is 0. The van der Waals surface area contributed by atoms with Crippen molar-refractivity contribution in [1.82, 2.24) is 5.32 Å². The zero-order valence-corrected chi connectivity index (χ0v) is 7.95. The van der Waals surface area contributed by atoms with Gasteiger partial charge in [0.15, 0.2) is 0 Å². The predicted molar refractivity (Wildman–Crippen MR) is 48.6 cm³/mol. The van der Waals surface area contributed by atoms with Gasteiger partial charge in [-0.25, -0.2) is 0 Å². The highest BCUT2D eigenvalue weighted by atomic mass is 16.5. The standard InChI is InChI=1S/C9H17NO3/c1-13-5-4-7(9(11)12)6-10-8-2-3-8/h7-8,10H,2-6H2,1H3,(H,11,12). The number of aliphatic carboxylic acids is 1. The maximum absolute atomic E-state index is 10.7. The molecule has 0 aliphatic heterocycles. The third kappa shape index (κ3) is 4.24. The molecule has 13 heavy (non-hydrogen) atoms. The summed E-state index contributed by atoms with van der Waals surface area (Å²) in [5.41, 5.74) is 0. The molecular weight excluding hydrogens is 170 g/mol. The summed E-state index contributed by atoms with van der Waals surface area (Å²) in [5, 5.41) is 12.0. The number of carboxylic acids is 1. The van der Waals surface area contributed by atoms with Crippen molar-refractivity contribution in [3.63, 3.8) is 0 Å². The maximum Gasteiger partial charge on any atom is 0.307 e.